The average molecular weight is 347 g/mol. The highest BCUT2D eigenvalue weighted by molar-refractivity contribution is 5.85. The molecule has 1 aromatic heterocycles. The number of aliphatic hydroxyl groups excluding tert-OH is 1. The predicted molar refractivity (Wildman–Crippen MR) is 86.1 cm³/mol. The van der Waals surface area contributed by atoms with Crippen molar-refractivity contribution in [1.82, 2.24) is 15.1 Å². The Bertz CT molecular complexity index is 809. The Morgan fingerprint density at radius 3 is 2.68 bits per heavy atom. The number of benzene rings is 1. The summed E-state index contributed by atoms with van der Waals surface area (Å²) >= 11 is 0. The summed E-state index contributed by atoms with van der Waals surface area (Å²) in [5.74, 6) is -1.44. The van der Waals surface area contributed by atoms with Crippen LogP contribution in [0.4, 0.5) is 8.78 Å². The van der Waals surface area contributed by atoms with Crippen LogP contribution in [0, 0.1) is 17.0 Å². The molecule has 1 unspecified atom stereocenters. The van der Waals surface area contributed by atoms with Crippen LogP contribution >= 0.6 is 0 Å². The predicted octanol–water partition coefficient (Wildman–Crippen LogP) is 2.42. The van der Waals surface area contributed by atoms with Gasteiger partial charge in [0.1, 0.15) is 11.6 Å². The molecule has 5 nitrogen and oxygen atoms in total. The number of aromatic nitrogens is 2. The molecule has 2 N–H and O–H groups in total. The lowest BCUT2D eigenvalue weighted by molar-refractivity contribution is -0.128. The molecule has 1 amide bonds. The summed E-state index contributed by atoms with van der Waals surface area (Å²) in [5.41, 5.74) is 1.44. The van der Waals surface area contributed by atoms with Crippen molar-refractivity contribution < 1.29 is 18.7 Å². The number of hydrogen-bond donors (Lipinski definition) is 2. The molecule has 1 heterocycles. The number of hydrogen-bond acceptors (Lipinski definition) is 3. The molecule has 7 heteroatoms. The summed E-state index contributed by atoms with van der Waals surface area (Å²) in [4.78, 5) is 12.4. The van der Waals surface area contributed by atoms with E-state index < -0.39 is 17.0 Å². The molecule has 1 fully saturated rings. The summed E-state index contributed by atoms with van der Waals surface area (Å²) in [6.07, 6.45) is 5.41. The van der Waals surface area contributed by atoms with E-state index >= 15 is 0 Å². The number of rotatable bonds is 4. The van der Waals surface area contributed by atoms with Gasteiger partial charge in [-0.2, -0.15) is 5.10 Å². The van der Waals surface area contributed by atoms with Gasteiger partial charge in [0, 0.05) is 17.3 Å². The van der Waals surface area contributed by atoms with Gasteiger partial charge in [0.2, 0.25) is 5.91 Å². The molecule has 2 aliphatic rings. The number of nitrogens with one attached hydrogen (secondary N) is 1. The largest absolute Gasteiger partial charge is 0.395 e. The monoisotopic (exact) mass is 347 g/mol. The molecule has 0 aliphatic heterocycles. The highest BCUT2D eigenvalue weighted by atomic mass is 19.1. The lowest BCUT2D eigenvalue weighted by atomic mass is 9.92. The van der Waals surface area contributed by atoms with Crippen molar-refractivity contribution in [3.8, 4) is 5.69 Å². The van der Waals surface area contributed by atoms with Crippen molar-refractivity contribution in [2.24, 2.45) is 5.41 Å². The fourth-order valence-electron chi connectivity index (χ4n) is 3.51. The number of nitrogens with zero attached hydrogens (tertiary/aromatic N) is 2. The van der Waals surface area contributed by atoms with Gasteiger partial charge in [-0.25, -0.2) is 13.5 Å². The third-order valence-electron chi connectivity index (χ3n) is 5.22. The van der Waals surface area contributed by atoms with Crippen molar-refractivity contribution in [3.05, 3.63) is 47.3 Å². The maximum absolute atomic E-state index is 13.5. The minimum atomic E-state index is -0.654. The zero-order valence-corrected chi connectivity index (χ0v) is 13.6. The van der Waals surface area contributed by atoms with Gasteiger partial charge in [-0.1, -0.05) is 0 Å². The molecule has 2 aromatic rings. The molecule has 1 saturated carbocycles. The van der Waals surface area contributed by atoms with E-state index in [2.05, 4.69) is 10.4 Å². The molecular formula is C18H19F2N3O2. The van der Waals surface area contributed by atoms with Crippen LogP contribution in [-0.2, 0) is 11.2 Å². The van der Waals surface area contributed by atoms with Gasteiger partial charge in [-0.3, -0.25) is 4.79 Å². The Hall–Kier alpha value is -2.28. The number of carbonyl (C=O) groups excluding carboxylic acids is 1. The molecular weight excluding hydrogens is 328 g/mol. The van der Waals surface area contributed by atoms with Gasteiger partial charge in [0.25, 0.3) is 0 Å². The average Bonchev–Trinajstić information content (AvgIpc) is 3.26. The molecule has 132 valence electrons. The van der Waals surface area contributed by atoms with Crippen molar-refractivity contribution in [1.29, 1.82) is 0 Å². The zero-order chi connectivity index (χ0) is 17.6. The zero-order valence-electron chi connectivity index (χ0n) is 13.6. The van der Waals surface area contributed by atoms with Crippen LogP contribution in [0.2, 0.25) is 0 Å². The lowest BCUT2D eigenvalue weighted by Crippen LogP contribution is -2.38. The normalized spacial score (nSPS) is 20.8. The second-order valence-corrected chi connectivity index (χ2v) is 6.94. The third-order valence-corrected chi connectivity index (χ3v) is 5.22. The maximum atomic E-state index is 13.5. The van der Waals surface area contributed by atoms with Crippen LogP contribution in [0.3, 0.4) is 0 Å². The molecule has 0 bridgehead atoms. The molecule has 4 rings (SSSR count). The number of fused-ring (bicyclic) bond motifs is 1. The fraction of sp³-hybridized carbons (Fsp3) is 0.444. The van der Waals surface area contributed by atoms with E-state index in [1.165, 1.54) is 12.1 Å². The van der Waals surface area contributed by atoms with Gasteiger partial charge >= 0.3 is 0 Å². The molecule has 0 radical (unpaired) electrons. The second kappa shape index (κ2) is 5.91. The molecule has 25 heavy (non-hydrogen) atoms. The number of carbonyl (C=O) groups is 1. The summed E-state index contributed by atoms with van der Waals surface area (Å²) in [5, 5.41) is 16.7. The Kier molecular flexibility index (Phi) is 3.83. The van der Waals surface area contributed by atoms with E-state index in [-0.39, 0.29) is 18.6 Å². The highest BCUT2D eigenvalue weighted by Crippen LogP contribution is 2.46. The molecule has 1 atom stereocenters. The number of aliphatic hydroxyl groups is 1. The maximum Gasteiger partial charge on any atom is 0.229 e. The van der Waals surface area contributed by atoms with E-state index in [4.69, 9.17) is 0 Å². The first-order valence-electron chi connectivity index (χ1n) is 8.47. The summed E-state index contributed by atoms with van der Waals surface area (Å²) in [6, 6.07) is 3.12. The van der Waals surface area contributed by atoms with Crippen LogP contribution < -0.4 is 5.32 Å². The topological polar surface area (TPSA) is 67.2 Å². The number of amides is 1. The molecule has 0 saturated heterocycles. The first kappa shape index (κ1) is 16.2. The van der Waals surface area contributed by atoms with Crippen molar-refractivity contribution >= 4 is 5.91 Å². The smallest absolute Gasteiger partial charge is 0.229 e. The summed E-state index contributed by atoms with van der Waals surface area (Å²) < 4.78 is 28.6. The van der Waals surface area contributed by atoms with Gasteiger partial charge in [0.15, 0.2) is 0 Å². The SMILES string of the molecule is O=C(NC1CCCc2c1cnn2-c1cc(F)cc(F)c1)C1(CO)CC1. The first-order chi connectivity index (χ1) is 12.0. The van der Waals surface area contributed by atoms with E-state index in [0.29, 0.717) is 18.5 Å². The van der Waals surface area contributed by atoms with E-state index in [1.807, 2.05) is 0 Å². The van der Waals surface area contributed by atoms with Gasteiger partial charge in [-0.15, -0.1) is 0 Å². The Morgan fingerprint density at radius 2 is 2.04 bits per heavy atom. The van der Waals surface area contributed by atoms with Gasteiger partial charge < -0.3 is 10.4 Å². The van der Waals surface area contributed by atoms with Crippen molar-refractivity contribution in [2.75, 3.05) is 6.61 Å². The van der Waals surface area contributed by atoms with Crippen LogP contribution in [0.15, 0.2) is 24.4 Å². The molecule has 2 aliphatic carbocycles. The van der Waals surface area contributed by atoms with Crippen LogP contribution in [0.25, 0.3) is 5.69 Å². The summed E-state index contributed by atoms with van der Waals surface area (Å²) in [7, 11) is 0. The standard InChI is InChI=1S/C18H19F2N3O2/c19-11-6-12(20)8-13(7-11)23-16-3-1-2-15(14(16)9-21-23)22-17(25)18(10-24)4-5-18/h6-9,15,24H,1-5,10H2,(H,22,25). The van der Waals surface area contributed by atoms with Gasteiger partial charge in [0.05, 0.1) is 29.9 Å². The van der Waals surface area contributed by atoms with Crippen molar-refractivity contribution in [3.63, 3.8) is 0 Å². The third kappa shape index (κ3) is 2.82. The lowest BCUT2D eigenvalue weighted by Gasteiger charge is -2.26. The molecule has 1 aromatic carbocycles. The van der Waals surface area contributed by atoms with E-state index in [9.17, 15) is 18.7 Å². The van der Waals surface area contributed by atoms with Crippen LogP contribution in [-0.4, -0.2) is 27.4 Å². The summed E-state index contributed by atoms with van der Waals surface area (Å²) in [6.45, 7) is -0.139. The number of halogens is 2. The molecule has 0 spiro atoms. The minimum absolute atomic E-state index is 0.127. The first-order valence-corrected chi connectivity index (χ1v) is 8.47. The quantitative estimate of drug-likeness (QED) is 0.893. The van der Waals surface area contributed by atoms with Crippen LogP contribution in [0.1, 0.15) is 43.0 Å². The van der Waals surface area contributed by atoms with Gasteiger partial charge in [-0.05, 0) is 44.2 Å². The highest BCUT2D eigenvalue weighted by Gasteiger charge is 2.50. The Labute approximate surface area is 143 Å². The van der Waals surface area contributed by atoms with Crippen molar-refractivity contribution in [2.45, 2.75) is 38.1 Å². The Morgan fingerprint density at radius 1 is 1.32 bits per heavy atom. The van der Waals surface area contributed by atoms with E-state index in [0.717, 1.165) is 36.6 Å². The van der Waals surface area contributed by atoms with Crippen LogP contribution in [0.5, 0.6) is 0 Å². The minimum Gasteiger partial charge on any atom is -0.395 e. The second-order valence-electron chi connectivity index (χ2n) is 6.94. The fourth-order valence-corrected chi connectivity index (χ4v) is 3.51. The Balaban J connectivity index is 1.63. The van der Waals surface area contributed by atoms with E-state index in [1.54, 1.807) is 10.9 Å².